The Morgan fingerprint density at radius 2 is 2.32 bits per heavy atom. The monoisotopic (exact) mass is 309 g/mol. The van der Waals surface area contributed by atoms with E-state index in [0.717, 1.165) is 26.0 Å². The Hall–Kier alpha value is -1.86. The summed E-state index contributed by atoms with van der Waals surface area (Å²) in [5.41, 5.74) is 0.700. The highest BCUT2D eigenvalue weighted by atomic mass is 16.6. The smallest absolute Gasteiger partial charge is 0.271 e. The minimum absolute atomic E-state index is 0.0526. The predicted octanol–water partition coefficient (Wildman–Crippen LogP) is 2.13. The Labute approximate surface area is 130 Å². The highest BCUT2D eigenvalue weighted by molar-refractivity contribution is 5.61. The molecule has 0 spiro atoms. The second kappa shape index (κ2) is 7.95. The van der Waals surface area contributed by atoms with Crippen LogP contribution in [-0.2, 0) is 4.74 Å². The maximum atomic E-state index is 10.9. The summed E-state index contributed by atoms with van der Waals surface area (Å²) in [6, 6.07) is 4.62. The topological polar surface area (TPSA) is 76.9 Å². The maximum Gasteiger partial charge on any atom is 0.271 e. The zero-order chi connectivity index (χ0) is 15.9. The van der Waals surface area contributed by atoms with E-state index in [4.69, 9.17) is 9.47 Å². The second-order valence-electron chi connectivity index (χ2n) is 5.61. The van der Waals surface area contributed by atoms with E-state index < -0.39 is 4.92 Å². The van der Waals surface area contributed by atoms with Gasteiger partial charge in [-0.3, -0.25) is 10.1 Å². The van der Waals surface area contributed by atoms with Gasteiger partial charge in [-0.15, -0.1) is 0 Å². The van der Waals surface area contributed by atoms with E-state index in [0.29, 0.717) is 24.6 Å². The lowest BCUT2D eigenvalue weighted by Gasteiger charge is -2.16. The fraction of sp³-hybridized carbons (Fsp3) is 0.600. The fourth-order valence-electron chi connectivity index (χ4n) is 2.27. The highest BCUT2D eigenvalue weighted by Gasteiger charge is 2.18. The van der Waals surface area contributed by atoms with Crippen LogP contribution in [0.1, 0.15) is 12.8 Å². The summed E-state index contributed by atoms with van der Waals surface area (Å²) in [7, 11) is 3.95. The Morgan fingerprint density at radius 3 is 2.95 bits per heavy atom. The number of rotatable bonds is 8. The normalized spacial score (nSPS) is 17.7. The molecule has 2 rings (SSSR count). The number of hydrogen-bond acceptors (Lipinski definition) is 6. The lowest BCUT2D eigenvalue weighted by Crippen LogP contribution is -2.21. The summed E-state index contributed by atoms with van der Waals surface area (Å²) in [6.07, 6.45) is 2.17. The van der Waals surface area contributed by atoms with Crippen LogP contribution in [0.15, 0.2) is 18.2 Å². The summed E-state index contributed by atoms with van der Waals surface area (Å²) >= 11 is 0. The van der Waals surface area contributed by atoms with Gasteiger partial charge in [0.1, 0.15) is 12.4 Å². The first kappa shape index (κ1) is 16.5. The molecule has 1 N–H and O–H groups in total. The van der Waals surface area contributed by atoms with Gasteiger partial charge in [-0.2, -0.15) is 0 Å². The molecule has 122 valence electrons. The number of nitrogens with one attached hydrogen (secondary N) is 1. The van der Waals surface area contributed by atoms with Gasteiger partial charge in [0.2, 0.25) is 0 Å². The number of ether oxygens (including phenoxy) is 2. The molecule has 7 nitrogen and oxygen atoms in total. The number of anilines is 1. The molecule has 0 bridgehead atoms. The molecule has 1 heterocycles. The molecular formula is C15H23N3O4. The average molecular weight is 309 g/mol. The van der Waals surface area contributed by atoms with Crippen molar-refractivity contribution in [2.75, 3.05) is 45.7 Å². The average Bonchev–Trinajstić information content (AvgIpc) is 2.98. The minimum atomic E-state index is -0.402. The van der Waals surface area contributed by atoms with Gasteiger partial charge >= 0.3 is 0 Å². The number of nitro benzene ring substituents is 1. The van der Waals surface area contributed by atoms with Crippen molar-refractivity contribution in [1.29, 1.82) is 0 Å². The molecule has 1 fully saturated rings. The molecular weight excluding hydrogens is 286 g/mol. The Morgan fingerprint density at radius 1 is 1.50 bits per heavy atom. The Kier molecular flexibility index (Phi) is 5.97. The zero-order valence-electron chi connectivity index (χ0n) is 13.1. The number of likely N-dealkylation sites (N-methyl/N-ethyl adjacent to an activating group) is 1. The molecule has 0 radical (unpaired) electrons. The molecule has 7 heteroatoms. The molecule has 0 aliphatic carbocycles. The molecule has 1 aliphatic heterocycles. The summed E-state index contributed by atoms with van der Waals surface area (Å²) in [5.74, 6) is 0.625. The maximum absolute atomic E-state index is 10.9. The van der Waals surface area contributed by atoms with Crippen LogP contribution in [0.25, 0.3) is 0 Å². The predicted molar refractivity (Wildman–Crippen MR) is 84.6 cm³/mol. The van der Waals surface area contributed by atoms with Gasteiger partial charge in [0.15, 0.2) is 0 Å². The van der Waals surface area contributed by atoms with E-state index in [2.05, 4.69) is 5.32 Å². The third-order valence-corrected chi connectivity index (χ3v) is 3.50. The molecule has 0 amide bonds. The van der Waals surface area contributed by atoms with E-state index >= 15 is 0 Å². The van der Waals surface area contributed by atoms with Crippen molar-refractivity contribution in [3.05, 3.63) is 28.3 Å². The van der Waals surface area contributed by atoms with E-state index in [9.17, 15) is 10.1 Å². The number of nitro groups is 1. The largest absolute Gasteiger partial charge is 0.489 e. The van der Waals surface area contributed by atoms with Crippen LogP contribution < -0.4 is 10.1 Å². The van der Waals surface area contributed by atoms with Gasteiger partial charge in [-0.05, 0) is 33.0 Å². The van der Waals surface area contributed by atoms with Crippen molar-refractivity contribution in [1.82, 2.24) is 4.90 Å². The van der Waals surface area contributed by atoms with E-state index in [1.807, 2.05) is 19.0 Å². The molecule has 0 saturated carbocycles. The molecule has 1 unspecified atom stereocenters. The van der Waals surface area contributed by atoms with E-state index in [1.165, 1.54) is 12.1 Å². The lowest BCUT2D eigenvalue weighted by atomic mass is 10.2. The number of benzene rings is 1. The van der Waals surface area contributed by atoms with Crippen LogP contribution in [0, 0.1) is 10.1 Å². The molecule has 1 aliphatic rings. The first-order chi connectivity index (χ1) is 10.6. The third kappa shape index (κ3) is 4.85. The zero-order valence-corrected chi connectivity index (χ0v) is 13.1. The molecule has 1 saturated heterocycles. The first-order valence-corrected chi connectivity index (χ1v) is 7.47. The second-order valence-corrected chi connectivity index (χ2v) is 5.61. The Balaban J connectivity index is 2.02. The number of non-ortho nitro benzene ring substituents is 1. The fourth-order valence-corrected chi connectivity index (χ4v) is 2.27. The standard InChI is InChI=1S/C15H23N3O4/c1-17(2)8-7-16-14-10-12(18(19)20)5-6-15(14)22-11-13-4-3-9-21-13/h5-6,10,13,16H,3-4,7-9,11H2,1-2H3. The van der Waals surface area contributed by atoms with Crippen molar-refractivity contribution in [3.8, 4) is 5.75 Å². The van der Waals surface area contributed by atoms with Crippen molar-refractivity contribution in [3.63, 3.8) is 0 Å². The van der Waals surface area contributed by atoms with E-state index in [-0.39, 0.29) is 11.8 Å². The first-order valence-electron chi connectivity index (χ1n) is 7.47. The van der Waals surface area contributed by atoms with Crippen molar-refractivity contribution in [2.24, 2.45) is 0 Å². The van der Waals surface area contributed by atoms with Crippen molar-refractivity contribution in [2.45, 2.75) is 18.9 Å². The summed E-state index contributed by atoms with van der Waals surface area (Å²) < 4.78 is 11.3. The quantitative estimate of drug-likeness (QED) is 0.585. The van der Waals surface area contributed by atoms with Crippen LogP contribution in [-0.4, -0.2) is 56.3 Å². The lowest BCUT2D eigenvalue weighted by molar-refractivity contribution is -0.384. The van der Waals surface area contributed by atoms with Crippen LogP contribution >= 0.6 is 0 Å². The third-order valence-electron chi connectivity index (χ3n) is 3.50. The molecule has 1 aromatic rings. The molecule has 22 heavy (non-hydrogen) atoms. The van der Waals surface area contributed by atoms with Crippen LogP contribution in [0.5, 0.6) is 5.75 Å². The van der Waals surface area contributed by atoms with Gasteiger partial charge in [-0.25, -0.2) is 0 Å². The minimum Gasteiger partial charge on any atom is -0.489 e. The number of nitrogens with zero attached hydrogens (tertiary/aromatic N) is 2. The summed E-state index contributed by atoms with van der Waals surface area (Å²) in [6.45, 7) is 2.76. The molecule has 1 aromatic carbocycles. The van der Waals surface area contributed by atoms with E-state index in [1.54, 1.807) is 6.07 Å². The van der Waals surface area contributed by atoms with Gasteiger partial charge in [0.25, 0.3) is 5.69 Å². The van der Waals surface area contributed by atoms with Crippen LogP contribution in [0.4, 0.5) is 11.4 Å². The molecule has 0 aromatic heterocycles. The van der Waals surface area contributed by atoms with Gasteiger partial charge < -0.3 is 19.7 Å². The van der Waals surface area contributed by atoms with Gasteiger partial charge in [0, 0.05) is 31.8 Å². The van der Waals surface area contributed by atoms with Crippen molar-refractivity contribution < 1.29 is 14.4 Å². The summed E-state index contributed by atoms with van der Waals surface area (Å²) in [5, 5.41) is 14.1. The SMILES string of the molecule is CN(C)CCNc1cc([N+](=O)[O-])ccc1OCC1CCCO1. The van der Waals surface area contributed by atoms with Gasteiger partial charge in [-0.1, -0.05) is 0 Å². The summed E-state index contributed by atoms with van der Waals surface area (Å²) in [4.78, 5) is 12.6. The molecule has 1 atom stereocenters. The van der Waals surface area contributed by atoms with Crippen molar-refractivity contribution >= 4 is 11.4 Å². The number of hydrogen-bond donors (Lipinski definition) is 1. The van der Waals surface area contributed by atoms with Crippen LogP contribution in [0.3, 0.4) is 0 Å². The van der Waals surface area contributed by atoms with Gasteiger partial charge in [0.05, 0.1) is 16.7 Å². The highest BCUT2D eigenvalue weighted by Crippen LogP contribution is 2.29. The van der Waals surface area contributed by atoms with Crippen LogP contribution in [0.2, 0.25) is 0 Å². The Bertz CT molecular complexity index is 502.